The van der Waals surface area contributed by atoms with Crippen LogP contribution in [0.2, 0.25) is 0 Å². The van der Waals surface area contributed by atoms with E-state index in [2.05, 4.69) is 20.3 Å². The highest BCUT2D eigenvalue weighted by Crippen LogP contribution is 2.10. The molecule has 2 rings (SSSR count). The highest BCUT2D eigenvalue weighted by Gasteiger charge is 2.03. The number of hydrogen-bond acceptors (Lipinski definition) is 6. The summed E-state index contributed by atoms with van der Waals surface area (Å²) in [5.41, 5.74) is 1.90. The summed E-state index contributed by atoms with van der Waals surface area (Å²) in [6, 6.07) is 7.74. The lowest BCUT2D eigenvalue weighted by molar-refractivity contribution is 0.177. The fraction of sp³-hybridized carbons (Fsp3) is 0.438. The van der Waals surface area contributed by atoms with E-state index in [0.29, 0.717) is 24.9 Å². The minimum absolute atomic E-state index is 0.411. The van der Waals surface area contributed by atoms with Gasteiger partial charge in [-0.1, -0.05) is 6.07 Å². The molecule has 1 N–H and O–H groups in total. The summed E-state index contributed by atoms with van der Waals surface area (Å²) in [7, 11) is 1.63. The second kappa shape index (κ2) is 8.29. The second-order valence-electron chi connectivity index (χ2n) is 4.82. The van der Waals surface area contributed by atoms with Gasteiger partial charge in [-0.2, -0.15) is 0 Å². The normalized spacial score (nSPS) is 10.5. The number of rotatable bonds is 8. The maximum absolute atomic E-state index is 5.40. The predicted molar refractivity (Wildman–Crippen MR) is 85.1 cm³/mol. The van der Waals surface area contributed by atoms with E-state index in [-0.39, 0.29) is 0 Å². The number of pyridine rings is 1. The molecule has 0 fully saturated rings. The first-order valence-corrected chi connectivity index (χ1v) is 7.37. The fourth-order valence-corrected chi connectivity index (χ4v) is 2.06. The summed E-state index contributed by atoms with van der Waals surface area (Å²) in [6.07, 6.45) is 0.795. The molecular formula is C16H22N4O2. The number of nitrogens with one attached hydrogen (secondary N) is 1. The lowest BCUT2D eigenvalue weighted by Crippen LogP contribution is -2.10. The first-order valence-electron chi connectivity index (χ1n) is 7.37. The second-order valence-corrected chi connectivity index (χ2v) is 4.82. The average Bonchev–Trinajstić information content (AvgIpc) is 2.48. The lowest BCUT2D eigenvalue weighted by Gasteiger charge is -2.09. The van der Waals surface area contributed by atoms with Crippen LogP contribution in [0.1, 0.15) is 24.1 Å². The largest absolute Gasteiger partial charge is 0.478 e. The predicted octanol–water partition coefficient (Wildman–Crippen LogP) is 2.38. The lowest BCUT2D eigenvalue weighted by atomic mass is 10.2. The minimum Gasteiger partial charge on any atom is -0.478 e. The van der Waals surface area contributed by atoms with Gasteiger partial charge in [0.25, 0.3) is 0 Å². The molecule has 2 aromatic heterocycles. The van der Waals surface area contributed by atoms with Crippen molar-refractivity contribution >= 4 is 5.82 Å². The van der Waals surface area contributed by atoms with Crippen LogP contribution >= 0.6 is 0 Å². The number of anilines is 1. The van der Waals surface area contributed by atoms with E-state index in [1.54, 1.807) is 7.11 Å². The van der Waals surface area contributed by atoms with Crippen LogP contribution in [-0.4, -0.2) is 35.2 Å². The van der Waals surface area contributed by atoms with Gasteiger partial charge in [0.2, 0.25) is 5.88 Å². The third kappa shape index (κ3) is 4.96. The zero-order chi connectivity index (χ0) is 15.8. The van der Waals surface area contributed by atoms with E-state index in [9.17, 15) is 0 Å². The van der Waals surface area contributed by atoms with E-state index in [4.69, 9.17) is 9.47 Å². The third-order valence-corrected chi connectivity index (χ3v) is 2.93. The molecule has 2 aromatic rings. The monoisotopic (exact) mass is 302 g/mol. The van der Waals surface area contributed by atoms with Crippen LogP contribution in [0.4, 0.5) is 5.82 Å². The Hall–Kier alpha value is -2.21. The first kappa shape index (κ1) is 16.2. The van der Waals surface area contributed by atoms with E-state index in [0.717, 1.165) is 30.2 Å². The molecule has 6 nitrogen and oxygen atoms in total. The van der Waals surface area contributed by atoms with Crippen molar-refractivity contribution in [1.29, 1.82) is 0 Å². The van der Waals surface area contributed by atoms with E-state index < -0.39 is 0 Å². The molecule has 2 heterocycles. The summed E-state index contributed by atoms with van der Waals surface area (Å²) in [5, 5.41) is 3.30. The van der Waals surface area contributed by atoms with Gasteiger partial charge >= 0.3 is 0 Å². The molecule has 0 amide bonds. The molecule has 0 aromatic carbocycles. The van der Waals surface area contributed by atoms with Gasteiger partial charge in [0, 0.05) is 43.6 Å². The Morgan fingerprint density at radius 3 is 2.82 bits per heavy atom. The Bertz CT molecular complexity index is 604. The van der Waals surface area contributed by atoms with Crippen LogP contribution in [0.5, 0.6) is 5.88 Å². The Morgan fingerprint density at radius 1 is 1.18 bits per heavy atom. The smallest absolute Gasteiger partial charge is 0.213 e. The Morgan fingerprint density at radius 2 is 2.05 bits per heavy atom. The molecular weight excluding hydrogens is 280 g/mol. The zero-order valence-electron chi connectivity index (χ0n) is 13.3. The maximum Gasteiger partial charge on any atom is 0.213 e. The van der Waals surface area contributed by atoms with Gasteiger partial charge in [0.15, 0.2) is 5.82 Å². The van der Waals surface area contributed by atoms with Crippen molar-refractivity contribution in [3.63, 3.8) is 0 Å². The van der Waals surface area contributed by atoms with Crippen molar-refractivity contribution in [2.45, 2.75) is 26.9 Å². The molecule has 118 valence electrons. The number of aromatic nitrogens is 3. The Balaban J connectivity index is 1.92. The molecule has 0 saturated heterocycles. The summed E-state index contributed by atoms with van der Waals surface area (Å²) < 4.78 is 10.5. The standard InChI is InChI=1S/C16H22N4O2/c1-4-22-16-7-5-6-13(19-16)8-9-17-14-10-12(2)18-15(20-14)11-21-3/h5-7,10H,4,8-9,11H2,1-3H3,(H,17,18,20). The zero-order valence-corrected chi connectivity index (χ0v) is 13.3. The molecule has 22 heavy (non-hydrogen) atoms. The van der Waals surface area contributed by atoms with E-state index in [1.165, 1.54) is 0 Å². The average molecular weight is 302 g/mol. The Kier molecular flexibility index (Phi) is 6.09. The van der Waals surface area contributed by atoms with Crippen molar-refractivity contribution < 1.29 is 9.47 Å². The molecule has 0 atom stereocenters. The van der Waals surface area contributed by atoms with Crippen molar-refractivity contribution in [1.82, 2.24) is 15.0 Å². The van der Waals surface area contributed by atoms with Crippen LogP contribution in [0.15, 0.2) is 24.3 Å². The SMILES string of the molecule is CCOc1cccc(CCNc2cc(C)nc(COC)n2)n1. The first-order chi connectivity index (χ1) is 10.7. The highest BCUT2D eigenvalue weighted by molar-refractivity contribution is 5.36. The summed E-state index contributed by atoms with van der Waals surface area (Å²) in [4.78, 5) is 13.2. The molecule has 0 bridgehead atoms. The van der Waals surface area contributed by atoms with Crippen molar-refractivity contribution in [3.8, 4) is 5.88 Å². The van der Waals surface area contributed by atoms with Crippen LogP contribution in [-0.2, 0) is 17.8 Å². The van der Waals surface area contributed by atoms with Gasteiger partial charge in [0.1, 0.15) is 12.4 Å². The van der Waals surface area contributed by atoms with E-state index in [1.807, 2.05) is 38.1 Å². The third-order valence-electron chi connectivity index (χ3n) is 2.93. The van der Waals surface area contributed by atoms with Gasteiger partial charge in [-0.15, -0.1) is 0 Å². The number of ether oxygens (including phenoxy) is 2. The summed E-state index contributed by atoms with van der Waals surface area (Å²) in [5.74, 6) is 2.15. The highest BCUT2D eigenvalue weighted by atomic mass is 16.5. The maximum atomic E-state index is 5.40. The number of nitrogens with zero attached hydrogens (tertiary/aromatic N) is 3. The van der Waals surface area contributed by atoms with Gasteiger partial charge in [-0.3, -0.25) is 0 Å². The number of methoxy groups -OCH3 is 1. The van der Waals surface area contributed by atoms with E-state index >= 15 is 0 Å². The van der Waals surface area contributed by atoms with Crippen LogP contribution in [0, 0.1) is 6.92 Å². The summed E-state index contributed by atoms with van der Waals surface area (Å²) >= 11 is 0. The summed E-state index contributed by atoms with van der Waals surface area (Å²) in [6.45, 7) is 5.67. The molecule has 6 heteroatoms. The number of hydrogen-bond donors (Lipinski definition) is 1. The van der Waals surface area contributed by atoms with Crippen molar-refractivity contribution in [2.24, 2.45) is 0 Å². The molecule has 0 aliphatic carbocycles. The van der Waals surface area contributed by atoms with Gasteiger partial charge in [0.05, 0.1) is 6.61 Å². The van der Waals surface area contributed by atoms with Gasteiger partial charge in [-0.05, 0) is 19.9 Å². The van der Waals surface area contributed by atoms with Crippen LogP contribution in [0.3, 0.4) is 0 Å². The topological polar surface area (TPSA) is 69.2 Å². The van der Waals surface area contributed by atoms with Gasteiger partial charge in [-0.25, -0.2) is 15.0 Å². The fourth-order valence-electron chi connectivity index (χ4n) is 2.06. The minimum atomic E-state index is 0.411. The van der Waals surface area contributed by atoms with Gasteiger partial charge < -0.3 is 14.8 Å². The Labute approximate surface area is 130 Å². The van der Waals surface area contributed by atoms with Crippen LogP contribution in [0.25, 0.3) is 0 Å². The molecule has 0 unspecified atom stereocenters. The van der Waals surface area contributed by atoms with Crippen LogP contribution < -0.4 is 10.1 Å². The van der Waals surface area contributed by atoms with Crippen molar-refractivity contribution in [3.05, 3.63) is 41.5 Å². The quantitative estimate of drug-likeness (QED) is 0.807. The molecule has 0 spiro atoms. The molecule has 0 radical (unpaired) electrons. The molecule has 0 saturated carbocycles. The molecule has 0 aliphatic rings. The van der Waals surface area contributed by atoms with Crippen molar-refractivity contribution in [2.75, 3.05) is 25.6 Å². The number of aryl methyl sites for hydroxylation is 1. The molecule has 0 aliphatic heterocycles.